The fourth-order valence-corrected chi connectivity index (χ4v) is 4.78. The van der Waals surface area contributed by atoms with E-state index >= 15 is 0 Å². The van der Waals surface area contributed by atoms with Gasteiger partial charge in [-0.1, -0.05) is 0 Å². The summed E-state index contributed by atoms with van der Waals surface area (Å²) in [6, 6.07) is 3.80. The minimum Gasteiger partial charge on any atom is -0.335 e. The summed E-state index contributed by atoms with van der Waals surface area (Å²) < 4.78 is 1.73. The van der Waals surface area contributed by atoms with Crippen LogP contribution in [0.5, 0.6) is 0 Å². The van der Waals surface area contributed by atoms with Crippen molar-refractivity contribution in [1.82, 2.24) is 19.6 Å². The van der Waals surface area contributed by atoms with Crippen LogP contribution >= 0.6 is 11.3 Å². The number of aromatic nitrogens is 2. The lowest BCUT2D eigenvalue weighted by molar-refractivity contribution is -0.126. The Morgan fingerprint density at radius 3 is 2.59 bits per heavy atom. The number of hydrogen-bond donors (Lipinski definition) is 0. The van der Waals surface area contributed by atoms with Crippen LogP contribution in [0.3, 0.4) is 0 Å². The van der Waals surface area contributed by atoms with E-state index in [9.17, 15) is 9.59 Å². The summed E-state index contributed by atoms with van der Waals surface area (Å²) in [5.74, 6) is 0.266. The lowest BCUT2D eigenvalue weighted by atomic mass is 10.0. The fourth-order valence-electron chi connectivity index (χ4n) is 3.94. The van der Waals surface area contributed by atoms with Gasteiger partial charge in [0.05, 0.1) is 22.8 Å². The van der Waals surface area contributed by atoms with Gasteiger partial charge < -0.3 is 9.80 Å². The molecule has 2 amide bonds. The lowest BCUT2D eigenvalue weighted by Gasteiger charge is -2.42. The lowest BCUT2D eigenvalue weighted by Crippen LogP contribution is -2.58. The Morgan fingerprint density at radius 1 is 1.19 bits per heavy atom. The van der Waals surface area contributed by atoms with E-state index in [-0.39, 0.29) is 17.9 Å². The van der Waals surface area contributed by atoms with E-state index in [0.717, 1.165) is 47.9 Å². The van der Waals surface area contributed by atoms with E-state index in [4.69, 9.17) is 0 Å². The van der Waals surface area contributed by atoms with Gasteiger partial charge in [0, 0.05) is 50.8 Å². The highest BCUT2D eigenvalue weighted by Gasteiger charge is 2.36. The zero-order valence-electron chi connectivity index (χ0n) is 15.8. The molecule has 0 saturated carbocycles. The largest absolute Gasteiger partial charge is 0.335 e. The summed E-state index contributed by atoms with van der Waals surface area (Å²) in [6.07, 6.45) is 5.51. The van der Waals surface area contributed by atoms with E-state index in [1.165, 1.54) is 0 Å². The summed E-state index contributed by atoms with van der Waals surface area (Å²) in [6.45, 7) is 5.60. The minimum atomic E-state index is -0.0970. The molecule has 4 rings (SSSR count). The molecule has 0 spiro atoms. The predicted molar refractivity (Wildman–Crippen MR) is 105 cm³/mol. The van der Waals surface area contributed by atoms with E-state index in [1.807, 2.05) is 42.1 Å². The van der Waals surface area contributed by atoms with Crippen LogP contribution in [0.4, 0.5) is 5.69 Å². The number of piperidine rings is 1. The Bertz CT molecular complexity index is 837. The van der Waals surface area contributed by atoms with Gasteiger partial charge in [0.2, 0.25) is 5.91 Å². The first-order valence-corrected chi connectivity index (χ1v) is 10.2. The Hall–Kier alpha value is -2.19. The molecule has 2 aliphatic heterocycles. The number of nitrogens with zero attached hydrogens (tertiary/aromatic N) is 5. The molecular formula is C19H25N5O2S. The normalized spacial score (nSPS) is 21.7. The van der Waals surface area contributed by atoms with Crippen molar-refractivity contribution in [3.8, 4) is 0 Å². The van der Waals surface area contributed by atoms with Crippen molar-refractivity contribution in [1.29, 1.82) is 0 Å². The van der Waals surface area contributed by atoms with Crippen molar-refractivity contribution in [2.24, 2.45) is 7.05 Å². The molecule has 2 fully saturated rings. The Kier molecular flexibility index (Phi) is 5.01. The zero-order valence-corrected chi connectivity index (χ0v) is 16.6. The Morgan fingerprint density at radius 2 is 1.96 bits per heavy atom. The summed E-state index contributed by atoms with van der Waals surface area (Å²) in [5, 5.41) is 4.19. The number of amides is 2. The second-order valence-corrected chi connectivity index (χ2v) is 8.55. The van der Waals surface area contributed by atoms with Gasteiger partial charge >= 0.3 is 0 Å². The molecular weight excluding hydrogens is 362 g/mol. The third-order valence-corrected chi connectivity index (χ3v) is 6.40. The predicted octanol–water partition coefficient (Wildman–Crippen LogP) is 1.74. The van der Waals surface area contributed by atoms with Gasteiger partial charge in [-0.3, -0.25) is 19.2 Å². The summed E-state index contributed by atoms with van der Waals surface area (Å²) >= 11 is 1.55. The number of thiophene rings is 1. The van der Waals surface area contributed by atoms with Crippen LogP contribution in [0.1, 0.15) is 27.4 Å². The molecule has 2 aromatic rings. The van der Waals surface area contributed by atoms with Gasteiger partial charge in [-0.25, -0.2) is 0 Å². The average molecular weight is 388 g/mol. The maximum absolute atomic E-state index is 13.0. The number of carbonyl (C=O) groups excluding carboxylic acids is 2. The average Bonchev–Trinajstić information content (AvgIpc) is 3.30. The van der Waals surface area contributed by atoms with Crippen molar-refractivity contribution in [2.45, 2.75) is 25.8 Å². The van der Waals surface area contributed by atoms with Gasteiger partial charge in [-0.15, -0.1) is 11.3 Å². The standard InChI is InChI=1S/C19H25N5O2S/c1-14-5-6-17(27-14)19(26)23-10-8-22(9-11-23)16-4-3-7-24(18(16)25)15-12-20-21(2)13-15/h5-6,12-13,16H,3-4,7-11H2,1-2H3/t16-/m0/s1. The molecule has 0 bridgehead atoms. The molecule has 27 heavy (non-hydrogen) atoms. The third-order valence-electron chi connectivity index (χ3n) is 5.41. The van der Waals surface area contributed by atoms with Crippen molar-refractivity contribution < 1.29 is 9.59 Å². The molecule has 1 atom stereocenters. The minimum absolute atomic E-state index is 0.0970. The number of carbonyl (C=O) groups is 2. The third kappa shape index (κ3) is 3.64. The van der Waals surface area contributed by atoms with Crippen LogP contribution in [-0.2, 0) is 11.8 Å². The van der Waals surface area contributed by atoms with Gasteiger partial charge in [0.25, 0.3) is 5.91 Å². The molecule has 144 valence electrons. The molecule has 2 aliphatic rings. The highest BCUT2D eigenvalue weighted by molar-refractivity contribution is 7.13. The van der Waals surface area contributed by atoms with Crippen LogP contribution < -0.4 is 4.90 Å². The van der Waals surface area contributed by atoms with E-state index in [1.54, 1.807) is 22.2 Å². The van der Waals surface area contributed by atoms with Crippen molar-refractivity contribution >= 4 is 28.8 Å². The van der Waals surface area contributed by atoms with E-state index in [2.05, 4.69) is 10.00 Å². The van der Waals surface area contributed by atoms with Gasteiger partial charge in [0.1, 0.15) is 0 Å². The van der Waals surface area contributed by atoms with E-state index < -0.39 is 0 Å². The molecule has 0 aliphatic carbocycles. The SMILES string of the molecule is Cc1ccc(C(=O)N2CCN([C@H]3CCCN(c4cnn(C)c4)C3=O)CC2)s1. The van der Waals surface area contributed by atoms with Gasteiger partial charge in [0.15, 0.2) is 0 Å². The molecule has 8 heteroatoms. The first-order chi connectivity index (χ1) is 13.0. The molecule has 2 saturated heterocycles. The first kappa shape index (κ1) is 18.2. The van der Waals surface area contributed by atoms with Crippen molar-refractivity contribution in [3.05, 3.63) is 34.3 Å². The number of hydrogen-bond acceptors (Lipinski definition) is 5. The molecule has 2 aromatic heterocycles. The van der Waals surface area contributed by atoms with Crippen LogP contribution in [0.2, 0.25) is 0 Å². The quantitative estimate of drug-likeness (QED) is 0.805. The summed E-state index contributed by atoms with van der Waals surface area (Å²) in [5.41, 5.74) is 0.870. The summed E-state index contributed by atoms with van der Waals surface area (Å²) in [4.78, 5) is 33.6. The van der Waals surface area contributed by atoms with Crippen molar-refractivity contribution in [2.75, 3.05) is 37.6 Å². The number of rotatable bonds is 3. The molecule has 0 N–H and O–H groups in total. The van der Waals surface area contributed by atoms with Crippen LogP contribution in [-0.4, -0.2) is 70.2 Å². The van der Waals surface area contributed by atoms with Crippen LogP contribution in [0, 0.1) is 6.92 Å². The Labute approximate surface area is 163 Å². The maximum atomic E-state index is 13.0. The second-order valence-electron chi connectivity index (χ2n) is 7.26. The van der Waals surface area contributed by atoms with Crippen molar-refractivity contribution in [3.63, 3.8) is 0 Å². The Balaban J connectivity index is 1.39. The highest BCUT2D eigenvalue weighted by Crippen LogP contribution is 2.25. The number of aryl methyl sites for hydroxylation is 2. The molecule has 0 aromatic carbocycles. The fraction of sp³-hybridized carbons (Fsp3) is 0.526. The molecule has 7 nitrogen and oxygen atoms in total. The zero-order chi connectivity index (χ0) is 19.0. The number of anilines is 1. The monoisotopic (exact) mass is 387 g/mol. The first-order valence-electron chi connectivity index (χ1n) is 9.43. The smallest absolute Gasteiger partial charge is 0.264 e. The molecule has 0 unspecified atom stereocenters. The number of piperazine rings is 1. The molecule has 4 heterocycles. The van der Waals surface area contributed by atoms with Gasteiger partial charge in [-0.05, 0) is 31.9 Å². The van der Waals surface area contributed by atoms with Crippen LogP contribution in [0.25, 0.3) is 0 Å². The maximum Gasteiger partial charge on any atom is 0.264 e. The highest BCUT2D eigenvalue weighted by atomic mass is 32.1. The molecule has 0 radical (unpaired) electrons. The summed E-state index contributed by atoms with van der Waals surface area (Å²) in [7, 11) is 1.86. The van der Waals surface area contributed by atoms with E-state index in [0.29, 0.717) is 13.1 Å². The topological polar surface area (TPSA) is 61.7 Å². The van der Waals surface area contributed by atoms with Crippen LogP contribution in [0.15, 0.2) is 24.5 Å². The van der Waals surface area contributed by atoms with Gasteiger partial charge in [-0.2, -0.15) is 5.10 Å². The second kappa shape index (κ2) is 7.44.